The summed E-state index contributed by atoms with van der Waals surface area (Å²) in [5.41, 5.74) is 1.57. The smallest absolute Gasteiger partial charge is 0.310 e. The molecule has 0 saturated heterocycles. The number of rotatable bonds is 9. The van der Waals surface area contributed by atoms with Gasteiger partial charge in [-0.3, -0.25) is 9.59 Å². The number of hydrogen-bond acceptors (Lipinski definition) is 5. The van der Waals surface area contributed by atoms with Crippen molar-refractivity contribution >= 4 is 11.9 Å². The minimum atomic E-state index is -0.433. The number of nitrogens with zero attached hydrogens (tertiary/aromatic N) is 1. The number of ether oxygens (including phenoxy) is 3. The quantitative estimate of drug-likeness (QED) is 0.620. The van der Waals surface area contributed by atoms with Crippen LogP contribution in [0.15, 0.2) is 48.5 Å². The van der Waals surface area contributed by atoms with Gasteiger partial charge in [0.15, 0.2) is 0 Å². The van der Waals surface area contributed by atoms with E-state index in [0.29, 0.717) is 30.0 Å². The lowest BCUT2D eigenvalue weighted by Gasteiger charge is -2.25. The number of benzene rings is 2. The molecule has 1 amide bonds. The van der Waals surface area contributed by atoms with Crippen LogP contribution >= 0.6 is 0 Å². The van der Waals surface area contributed by atoms with E-state index < -0.39 is 5.92 Å². The number of carbonyl (C=O) groups excluding carboxylic acids is 2. The van der Waals surface area contributed by atoms with Crippen molar-refractivity contribution in [2.75, 3.05) is 34.4 Å². The maximum atomic E-state index is 13.2. The Labute approximate surface area is 166 Å². The summed E-state index contributed by atoms with van der Waals surface area (Å²) in [4.78, 5) is 26.8. The van der Waals surface area contributed by atoms with Crippen molar-refractivity contribution < 1.29 is 23.8 Å². The van der Waals surface area contributed by atoms with E-state index in [1.165, 1.54) is 21.3 Å². The number of amides is 1. The Kier molecular flexibility index (Phi) is 7.87. The van der Waals surface area contributed by atoms with Gasteiger partial charge >= 0.3 is 5.97 Å². The molecule has 2 aromatic carbocycles. The number of hydrogen-bond donors (Lipinski definition) is 0. The second-order valence-electron chi connectivity index (χ2n) is 6.51. The third kappa shape index (κ3) is 5.74. The number of esters is 1. The maximum Gasteiger partial charge on any atom is 0.310 e. The molecule has 0 aliphatic rings. The van der Waals surface area contributed by atoms with Gasteiger partial charge in [-0.25, -0.2) is 0 Å². The van der Waals surface area contributed by atoms with Gasteiger partial charge in [-0.15, -0.1) is 0 Å². The standard InChI is InChI=1S/C22H27NO5/c1-16(22(25)28-4)15-23(11-10-17-8-6-5-7-9-17)21(24)18-12-19(26-2)14-20(13-18)27-3/h5-9,12-14,16H,10-11,15H2,1-4H3. The van der Waals surface area contributed by atoms with Crippen molar-refractivity contribution in [2.45, 2.75) is 13.3 Å². The normalized spacial score (nSPS) is 11.4. The second kappa shape index (κ2) is 10.3. The van der Waals surface area contributed by atoms with Gasteiger partial charge in [0.25, 0.3) is 5.91 Å². The van der Waals surface area contributed by atoms with Gasteiger partial charge in [0.2, 0.25) is 0 Å². The molecule has 2 aromatic rings. The summed E-state index contributed by atoms with van der Waals surface area (Å²) in [7, 11) is 4.42. The summed E-state index contributed by atoms with van der Waals surface area (Å²) in [6.45, 7) is 2.49. The van der Waals surface area contributed by atoms with Crippen LogP contribution in [0.25, 0.3) is 0 Å². The highest BCUT2D eigenvalue weighted by Crippen LogP contribution is 2.24. The van der Waals surface area contributed by atoms with Crippen molar-refractivity contribution in [3.05, 3.63) is 59.7 Å². The summed E-state index contributed by atoms with van der Waals surface area (Å²) in [6.07, 6.45) is 0.682. The Morgan fingerprint density at radius 1 is 0.964 bits per heavy atom. The first-order valence-corrected chi connectivity index (χ1v) is 9.12. The van der Waals surface area contributed by atoms with Crippen LogP contribution in [0.2, 0.25) is 0 Å². The van der Waals surface area contributed by atoms with Crippen molar-refractivity contribution in [3.63, 3.8) is 0 Å². The van der Waals surface area contributed by atoms with E-state index in [1.807, 2.05) is 30.3 Å². The monoisotopic (exact) mass is 385 g/mol. The molecule has 1 atom stereocenters. The fraction of sp³-hybridized carbons (Fsp3) is 0.364. The van der Waals surface area contributed by atoms with Gasteiger partial charge in [0, 0.05) is 24.7 Å². The van der Waals surface area contributed by atoms with E-state index in [0.717, 1.165) is 5.56 Å². The van der Waals surface area contributed by atoms with Crippen LogP contribution in [-0.4, -0.2) is 51.2 Å². The minimum Gasteiger partial charge on any atom is -0.497 e. The van der Waals surface area contributed by atoms with Gasteiger partial charge < -0.3 is 19.1 Å². The van der Waals surface area contributed by atoms with E-state index in [-0.39, 0.29) is 18.4 Å². The molecule has 0 spiro atoms. The Balaban J connectivity index is 2.25. The second-order valence-corrected chi connectivity index (χ2v) is 6.51. The molecule has 0 saturated carbocycles. The van der Waals surface area contributed by atoms with E-state index in [9.17, 15) is 9.59 Å². The predicted octanol–water partition coefficient (Wildman–Crippen LogP) is 3.20. The molecule has 0 fully saturated rings. The summed E-state index contributed by atoms with van der Waals surface area (Å²) in [6, 6.07) is 15.0. The molecular weight excluding hydrogens is 358 g/mol. The van der Waals surface area contributed by atoms with Crippen LogP contribution in [0.3, 0.4) is 0 Å². The Morgan fingerprint density at radius 2 is 1.57 bits per heavy atom. The summed E-state index contributed by atoms with van der Waals surface area (Å²) in [5, 5.41) is 0. The average Bonchev–Trinajstić information content (AvgIpc) is 2.75. The molecule has 6 nitrogen and oxygen atoms in total. The van der Waals surface area contributed by atoms with Crippen LogP contribution in [0.4, 0.5) is 0 Å². The topological polar surface area (TPSA) is 65.1 Å². The largest absolute Gasteiger partial charge is 0.497 e. The van der Waals surface area contributed by atoms with Crippen LogP contribution < -0.4 is 9.47 Å². The fourth-order valence-corrected chi connectivity index (χ4v) is 2.90. The van der Waals surface area contributed by atoms with Gasteiger partial charge in [-0.2, -0.15) is 0 Å². The molecule has 0 aliphatic heterocycles. The van der Waals surface area contributed by atoms with Crippen molar-refractivity contribution in [2.24, 2.45) is 5.92 Å². The van der Waals surface area contributed by atoms with Gasteiger partial charge in [-0.1, -0.05) is 37.3 Å². The molecule has 2 rings (SSSR count). The summed E-state index contributed by atoms with van der Waals surface area (Å²) < 4.78 is 15.4. The van der Waals surface area contributed by atoms with E-state index in [2.05, 4.69) is 0 Å². The summed E-state index contributed by atoms with van der Waals surface area (Å²) >= 11 is 0. The first kappa shape index (κ1) is 21.3. The van der Waals surface area contributed by atoms with Crippen LogP contribution in [-0.2, 0) is 16.0 Å². The average molecular weight is 385 g/mol. The molecule has 0 N–H and O–H groups in total. The molecular formula is C22H27NO5. The van der Waals surface area contributed by atoms with Crippen LogP contribution in [0.5, 0.6) is 11.5 Å². The minimum absolute atomic E-state index is 0.191. The van der Waals surface area contributed by atoms with Crippen molar-refractivity contribution in [1.82, 2.24) is 4.90 Å². The van der Waals surface area contributed by atoms with Crippen molar-refractivity contribution in [1.29, 1.82) is 0 Å². The number of carbonyl (C=O) groups is 2. The zero-order chi connectivity index (χ0) is 20.5. The Morgan fingerprint density at radius 3 is 2.11 bits per heavy atom. The zero-order valence-corrected chi connectivity index (χ0v) is 16.8. The third-order valence-electron chi connectivity index (χ3n) is 4.50. The van der Waals surface area contributed by atoms with E-state index in [1.54, 1.807) is 30.0 Å². The molecule has 1 unspecified atom stereocenters. The Hall–Kier alpha value is -3.02. The van der Waals surface area contributed by atoms with Gasteiger partial charge in [0.1, 0.15) is 11.5 Å². The van der Waals surface area contributed by atoms with Gasteiger partial charge in [-0.05, 0) is 24.1 Å². The molecule has 0 aliphatic carbocycles. The predicted molar refractivity (Wildman–Crippen MR) is 107 cm³/mol. The molecule has 0 heterocycles. The molecule has 0 bridgehead atoms. The third-order valence-corrected chi connectivity index (χ3v) is 4.50. The first-order valence-electron chi connectivity index (χ1n) is 9.12. The molecule has 6 heteroatoms. The molecule has 150 valence electrons. The number of methoxy groups -OCH3 is 3. The highest BCUT2D eigenvalue weighted by Gasteiger charge is 2.23. The Bertz CT molecular complexity index is 769. The SMILES string of the molecule is COC(=O)C(C)CN(CCc1ccccc1)C(=O)c1cc(OC)cc(OC)c1. The molecule has 0 radical (unpaired) electrons. The van der Waals surface area contributed by atoms with Gasteiger partial charge in [0.05, 0.1) is 27.2 Å². The zero-order valence-electron chi connectivity index (χ0n) is 16.8. The van der Waals surface area contributed by atoms with Crippen LogP contribution in [0, 0.1) is 5.92 Å². The highest BCUT2D eigenvalue weighted by atomic mass is 16.5. The van der Waals surface area contributed by atoms with Crippen LogP contribution in [0.1, 0.15) is 22.8 Å². The maximum absolute atomic E-state index is 13.2. The fourth-order valence-electron chi connectivity index (χ4n) is 2.90. The first-order chi connectivity index (χ1) is 13.5. The van der Waals surface area contributed by atoms with E-state index in [4.69, 9.17) is 14.2 Å². The summed E-state index contributed by atoms with van der Waals surface area (Å²) in [5.74, 6) is 0.0975. The lowest BCUT2D eigenvalue weighted by atomic mass is 10.1. The molecule has 28 heavy (non-hydrogen) atoms. The van der Waals surface area contributed by atoms with Crippen molar-refractivity contribution in [3.8, 4) is 11.5 Å². The molecule has 0 aromatic heterocycles. The van der Waals surface area contributed by atoms with E-state index >= 15 is 0 Å². The highest BCUT2D eigenvalue weighted by molar-refractivity contribution is 5.95. The lowest BCUT2D eigenvalue weighted by molar-refractivity contribution is -0.145. The lowest BCUT2D eigenvalue weighted by Crippen LogP contribution is -2.38.